The van der Waals surface area contributed by atoms with Crippen LogP contribution in [0.2, 0.25) is 0 Å². The van der Waals surface area contributed by atoms with Crippen LogP contribution in [0.3, 0.4) is 0 Å². The van der Waals surface area contributed by atoms with Gasteiger partial charge in [0.05, 0.1) is 12.6 Å². The van der Waals surface area contributed by atoms with Gasteiger partial charge in [-0.25, -0.2) is 4.68 Å². The molecular weight excluding hydrogens is 206 g/mol. The molecule has 2 rings (SSSR count). The molecule has 6 heteroatoms. The normalized spacial score (nSPS) is 19.7. The van der Waals surface area contributed by atoms with Gasteiger partial charge in [0.2, 0.25) is 0 Å². The van der Waals surface area contributed by atoms with Gasteiger partial charge in [-0.3, -0.25) is 0 Å². The highest BCUT2D eigenvalue weighted by Gasteiger charge is 2.43. The first-order valence-electron chi connectivity index (χ1n) is 5.67. The van der Waals surface area contributed by atoms with Gasteiger partial charge in [-0.1, -0.05) is 0 Å². The third-order valence-electron chi connectivity index (χ3n) is 3.25. The predicted octanol–water partition coefficient (Wildman–Crippen LogP) is 0.509. The zero-order valence-corrected chi connectivity index (χ0v) is 9.89. The van der Waals surface area contributed by atoms with Crippen LogP contribution in [0.1, 0.15) is 38.1 Å². The van der Waals surface area contributed by atoms with Crippen molar-refractivity contribution in [1.29, 1.82) is 0 Å². The molecular formula is C10H19N5O. The third-order valence-corrected chi connectivity index (χ3v) is 3.25. The minimum atomic E-state index is -0.117. The molecule has 1 aromatic rings. The second-order valence-electron chi connectivity index (χ2n) is 4.73. The Bertz CT molecular complexity index is 345. The number of aromatic nitrogens is 4. The molecule has 2 N–H and O–H groups in total. The van der Waals surface area contributed by atoms with Gasteiger partial charge >= 0.3 is 0 Å². The highest BCUT2D eigenvalue weighted by Crippen LogP contribution is 2.50. The molecule has 1 unspecified atom stereocenters. The van der Waals surface area contributed by atoms with E-state index in [2.05, 4.69) is 15.5 Å². The lowest BCUT2D eigenvalue weighted by atomic mass is 10.0. The maximum Gasteiger partial charge on any atom is 0.167 e. The summed E-state index contributed by atoms with van der Waals surface area (Å²) in [6.45, 7) is 3.56. The van der Waals surface area contributed by atoms with Gasteiger partial charge in [-0.05, 0) is 42.0 Å². The molecule has 1 atom stereocenters. The Hall–Kier alpha value is -1.01. The maximum absolute atomic E-state index is 5.81. The smallest absolute Gasteiger partial charge is 0.167 e. The van der Waals surface area contributed by atoms with Crippen molar-refractivity contribution >= 4 is 0 Å². The van der Waals surface area contributed by atoms with Crippen LogP contribution in [0.5, 0.6) is 0 Å². The Labute approximate surface area is 95.1 Å². The van der Waals surface area contributed by atoms with Crippen LogP contribution in [0.15, 0.2) is 0 Å². The summed E-state index contributed by atoms with van der Waals surface area (Å²) in [7, 11) is 1.74. The van der Waals surface area contributed by atoms with Gasteiger partial charge in [0.15, 0.2) is 5.82 Å². The lowest BCUT2D eigenvalue weighted by molar-refractivity contribution is 0.164. The molecule has 0 aromatic carbocycles. The van der Waals surface area contributed by atoms with E-state index in [0.717, 1.165) is 25.4 Å². The molecule has 0 saturated heterocycles. The van der Waals surface area contributed by atoms with E-state index in [9.17, 15) is 0 Å². The molecule has 16 heavy (non-hydrogen) atoms. The number of methoxy groups -OCH3 is 1. The lowest BCUT2D eigenvalue weighted by Gasteiger charge is -2.15. The van der Waals surface area contributed by atoms with E-state index < -0.39 is 0 Å². The number of tetrazole rings is 1. The standard InChI is InChI=1S/C10H19N5O/c1-8(11)9-12-13-14-15(9)7-10(3-4-10)5-6-16-2/h8H,3-7,11H2,1-2H3. The Morgan fingerprint density at radius 3 is 2.88 bits per heavy atom. The SMILES string of the molecule is COCCC1(Cn2nnnc2C(C)N)CC1. The van der Waals surface area contributed by atoms with E-state index in [1.165, 1.54) is 12.8 Å². The molecule has 1 aliphatic rings. The van der Waals surface area contributed by atoms with Crippen molar-refractivity contribution < 1.29 is 4.74 Å². The molecule has 0 spiro atoms. The first kappa shape index (κ1) is 11.5. The molecule has 0 radical (unpaired) electrons. The monoisotopic (exact) mass is 225 g/mol. The largest absolute Gasteiger partial charge is 0.385 e. The Balaban J connectivity index is 2.00. The summed E-state index contributed by atoms with van der Waals surface area (Å²) in [5.41, 5.74) is 6.15. The zero-order chi connectivity index (χ0) is 11.6. The average Bonchev–Trinajstić information content (AvgIpc) is 2.84. The molecule has 1 fully saturated rings. The number of hydrogen-bond donors (Lipinski definition) is 1. The van der Waals surface area contributed by atoms with E-state index in [1.54, 1.807) is 7.11 Å². The summed E-state index contributed by atoms with van der Waals surface area (Å²) < 4.78 is 6.97. The van der Waals surface area contributed by atoms with Gasteiger partial charge in [0, 0.05) is 13.7 Å². The van der Waals surface area contributed by atoms with E-state index in [0.29, 0.717) is 5.41 Å². The molecule has 1 heterocycles. The van der Waals surface area contributed by atoms with Crippen LogP contribution in [0.4, 0.5) is 0 Å². The van der Waals surface area contributed by atoms with Gasteiger partial charge in [0.25, 0.3) is 0 Å². The molecule has 0 bridgehead atoms. The molecule has 0 amide bonds. The van der Waals surface area contributed by atoms with Crippen LogP contribution in [-0.4, -0.2) is 33.9 Å². The first-order chi connectivity index (χ1) is 7.67. The lowest BCUT2D eigenvalue weighted by Crippen LogP contribution is -2.20. The number of ether oxygens (including phenoxy) is 1. The summed E-state index contributed by atoms with van der Waals surface area (Å²) in [4.78, 5) is 0. The fraction of sp³-hybridized carbons (Fsp3) is 0.900. The first-order valence-corrected chi connectivity index (χ1v) is 5.67. The topological polar surface area (TPSA) is 78.8 Å². The van der Waals surface area contributed by atoms with Crippen molar-refractivity contribution in [2.45, 2.75) is 38.8 Å². The van der Waals surface area contributed by atoms with E-state index in [-0.39, 0.29) is 6.04 Å². The summed E-state index contributed by atoms with van der Waals surface area (Å²) >= 11 is 0. The van der Waals surface area contributed by atoms with Gasteiger partial charge in [0.1, 0.15) is 0 Å². The van der Waals surface area contributed by atoms with Crippen LogP contribution in [0.25, 0.3) is 0 Å². The van der Waals surface area contributed by atoms with Gasteiger partial charge in [-0.15, -0.1) is 5.10 Å². The van der Waals surface area contributed by atoms with Gasteiger partial charge in [-0.2, -0.15) is 0 Å². The van der Waals surface area contributed by atoms with Crippen molar-refractivity contribution in [3.63, 3.8) is 0 Å². The number of nitrogens with two attached hydrogens (primary N) is 1. The molecule has 6 nitrogen and oxygen atoms in total. The molecule has 1 aromatic heterocycles. The third kappa shape index (κ3) is 2.38. The highest BCUT2D eigenvalue weighted by molar-refractivity contribution is 4.96. The maximum atomic E-state index is 5.81. The summed E-state index contributed by atoms with van der Waals surface area (Å²) in [6.07, 6.45) is 3.53. The Morgan fingerprint density at radius 1 is 1.56 bits per heavy atom. The molecule has 1 aliphatic carbocycles. The van der Waals surface area contributed by atoms with Crippen LogP contribution in [-0.2, 0) is 11.3 Å². The highest BCUT2D eigenvalue weighted by atomic mass is 16.5. The van der Waals surface area contributed by atoms with E-state index in [4.69, 9.17) is 10.5 Å². The van der Waals surface area contributed by atoms with Crippen molar-refractivity contribution in [3.05, 3.63) is 5.82 Å². The zero-order valence-electron chi connectivity index (χ0n) is 9.89. The minimum Gasteiger partial charge on any atom is -0.385 e. The second kappa shape index (κ2) is 4.47. The molecule has 90 valence electrons. The Kier molecular flexibility index (Phi) is 3.20. The number of rotatable bonds is 6. The van der Waals surface area contributed by atoms with Crippen molar-refractivity contribution in [3.8, 4) is 0 Å². The minimum absolute atomic E-state index is 0.117. The van der Waals surface area contributed by atoms with Crippen LogP contribution < -0.4 is 5.73 Å². The van der Waals surface area contributed by atoms with E-state index >= 15 is 0 Å². The summed E-state index contributed by atoms with van der Waals surface area (Å²) in [5, 5.41) is 11.6. The fourth-order valence-electron chi connectivity index (χ4n) is 1.95. The Morgan fingerprint density at radius 2 is 2.31 bits per heavy atom. The van der Waals surface area contributed by atoms with Crippen LogP contribution in [0, 0.1) is 5.41 Å². The summed E-state index contributed by atoms with van der Waals surface area (Å²) in [5.74, 6) is 0.767. The van der Waals surface area contributed by atoms with Crippen molar-refractivity contribution in [2.24, 2.45) is 11.1 Å². The number of nitrogens with zero attached hydrogens (tertiary/aromatic N) is 4. The molecule has 0 aliphatic heterocycles. The summed E-state index contributed by atoms with van der Waals surface area (Å²) in [6, 6.07) is -0.117. The number of hydrogen-bond acceptors (Lipinski definition) is 5. The average molecular weight is 225 g/mol. The predicted molar refractivity (Wildman–Crippen MR) is 58.6 cm³/mol. The van der Waals surface area contributed by atoms with Crippen LogP contribution >= 0.6 is 0 Å². The van der Waals surface area contributed by atoms with Crippen molar-refractivity contribution in [1.82, 2.24) is 20.2 Å². The van der Waals surface area contributed by atoms with Crippen molar-refractivity contribution in [2.75, 3.05) is 13.7 Å². The van der Waals surface area contributed by atoms with Gasteiger partial charge < -0.3 is 10.5 Å². The molecule has 1 saturated carbocycles. The quantitative estimate of drug-likeness (QED) is 0.763. The second-order valence-corrected chi connectivity index (χ2v) is 4.73. The fourth-order valence-corrected chi connectivity index (χ4v) is 1.95. The van der Waals surface area contributed by atoms with E-state index in [1.807, 2.05) is 11.6 Å².